The molecule has 8 heteroatoms. The number of methoxy groups -OCH3 is 1. The van der Waals surface area contributed by atoms with Crippen LogP contribution in [0.15, 0.2) is 72.8 Å². The van der Waals surface area contributed by atoms with Crippen LogP contribution >= 0.6 is 0 Å². The van der Waals surface area contributed by atoms with E-state index in [-0.39, 0.29) is 11.5 Å². The highest BCUT2D eigenvalue weighted by Crippen LogP contribution is 2.28. The average Bonchev–Trinajstić information content (AvgIpc) is 2.84. The van der Waals surface area contributed by atoms with Gasteiger partial charge in [0.2, 0.25) is 0 Å². The van der Waals surface area contributed by atoms with Gasteiger partial charge in [0.05, 0.1) is 7.11 Å². The van der Waals surface area contributed by atoms with Crippen LogP contribution < -0.4 is 19.5 Å². The lowest BCUT2D eigenvalue weighted by atomic mass is 10.1. The van der Waals surface area contributed by atoms with E-state index < -0.39 is 24.6 Å². The van der Waals surface area contributed by atoms with Crippen molar-refractivity contribution in [3.63, 3.8) is 0 Å². The molecule has 1 amide bonds. The number of hydrogen-bond acceptors (Lipinski definition) is 7. The van der Waals surface area contributed by atoms with Gasteiger partial charge in [-0.1, -0.05) is 18.2 Å². The molecule has 0 spiro atoms. The molecule has 34 heavy (non-hydrogen) atoms. The molecule has 0 radical (unpaired) electrons. The number of esters is 1. The normalized spacial score (nSPS) is 11.1. The monoisotopic (exact) mass is 463 g/mol. The van der Waals surface area contributed by atoms with Gasteiger partial charge in [0.15, 0.2) is 30.0 Å². The minimum absolute atomic E-state index is 0.123. The first-order chi connectivity index (χ1) is 16.4. The van der Waals surface area contributed by atoms with Crippen molar-refractivity contribution in [2.24, 2.45) is 0 Å². The number of Topliss-reactive ketones (excluding diaryl/α,β-unsaturated/α-hetero) is 1. The SMILES string of the molecule is COc1cc(C(C)=O)ccc1OCC(=O)OC(C)C(=O)Nc1ccc(Oc2ccccc2)cc1. The number of carbonyl (C=O) groups excluding carboxylic acids is 3. The Hall–Kier alpha value is -4.33. The molecule has 3 aromatic carbocycles. The zero-order valence-corrected chi connectivity index (χ0v) is 19.1. The molecule has 0 aliphatic rings. The molecular formula is C26H25NO7. The standard InChI is InChI=1S/C26H25NO7/c1-17(28)19-9-14-23(24(15-19)31-3)32-16-25(29)33-18(2)26(30)27-20-10-12-22(13-11-20)34-21-7-5-4-6-8-21/h4-15,18H,16H2,1-3H3,(H,27,30). The highest BCUT2D eigenvalue weighted by molar-refractivity contribution is 5.95. The molecule has 0 aliphatic carbocycles. The van der Waals surface area contributed by atoms with Crippen molar-refractivity contribution in [3.05, 3.63) is 78.4 Å². The molecule has 0 fully saturated rings. The summed E-state index contributed by atoms with van der Waals surface area (Å²) in [5, 5.41) is 2.68. The molecule has 0 saturated heterocycles. The molecule has 3 rings (SSSR count). The second kappa shape index (κ2) is 11.5. The van der Waals surface area contributed by atoms with Crippen LogP contribution in [0.3, 0.4) is 0 Å². The molecule has 0 aromatic heterocycles. The number of hydrogen-bond donors (Lipinski definition) is 1. The number of para-hydroxylation sites is 1. The number of amides is 1. The zero-order valence-electron chi connectivity index (χ0n) is 19.1. The van der Waals surface area contributed by atoms with Crippen molar-refractivity contribution in [3.8, 4) is 23.0 Å². The number of anilines is 1. The molecule has 3 aromatic rings. The van der Waals surface area contributed by atoms with Crippen LogP contribution in [-0.4, -0.2) is 37.5 Å². The molecular weight excluding hydrogens is 438 g/mol. The maximum Gasteiger partial charge on any atom is 0.344 e. The highest BCUT2D eigenvalue weighted by atomic mass is 16.6. The van der Waals surface area contributed by atoms with Gasteiger partial charge in [-0.2, -0.15) is 0 Å². The second-order valence-corrected chi connectivity index (χ2v) is 7.27. The van der Waals surface area contributed by atoms with Crippen LogP contribution in [0.4, 0.5) is 5.69 Å². The smallest absolute Gasteiger partial charge is 0.344 e. The Morgan fingerprint density at radius 1 is 0.882 bits per heavy atom. The predicted octanol–water partition coefficient (Wildman–Crippen LogP) is 4.64. The lowest BCUT2D eigenvalue weighted by Crippen LogP contribution is -2.31. The Kier molecular flexibility index (Phi) is 8.23. The molecule has 0 saturated carbocycles. The van der Waals surface area contributed by atoms with E-state index in [1.54, 1.807) is 30.3 Å². The third-order valence-corrected chi connectivity index (χ3v) is 4.69. The fourth-order valence-electron chi connectivity index (χ4n) is 2.90. The van der Waals surface area contributed by atoms with Crippen LogP contribution in [0.2, 0.25) is 0 Å². The minimum Gasteiger partial charge on any atom is -0.493 e. The maximum atomic E-state index is 12.4. The van der Waals surface area contributed by atoms with Crippen molar-refractivity contribution in [2.75, 3.05) is 19.0 Å². The molecule has 0 aliphatic heterocycles. The van der Waals surface area contributed by atoms with E-state index in [4.69, 9.17) is 18.9 Å². The fraction of sp³-hybridized carbons (Fsp3) is 0.192. The third kappa shape index (κ3) is 6.83. The molecule has 1 unspecified atom stereocenters. The van der Waals surface area contributed by atoms with E-state index >= 15 is 0 Å². The lowest BCUT2D eigenvalue weighted by molar-refractivity contribution is -0.155. The van der Waals surface area contributed by atoms with E-state index in [0.29, 0.717) is 28.5 Å². The Labute approximate surface area is 197 Å². The van der Waals surface area contributed by atoms with Crippen LogP contribution in [0.5, 0.6) is 23.0 Å². The van der Waals surface area contributed by atoms with Crippen molar-refractivity contribution in [2.45, 2.75) is 20.0 Å². The van der Waals surface area contributed by atoms with Crippen molar-refractivity contribution < 1.29 is 33.3 Å². The van der Waals surface area contributed by atoms with E-state index in [0.717, 1.165) is 0 Å². The molecule has 0 bridgehead atoms. The van der Waals surface area contributed by atoms with Crippen molar-refractivity contribution in [1.82, 2.24) is 0 Å². The zero-order chi connectivity index (χ0) is 24.5. The summed E-state index contributed by atoms with van der Waals surface area (Å²) in [7, 11) is 1.43. The van der Waals surface area contributed by atoms with Gasteiger partial charge in [-0.25, -0.2) is 4.79 Å². The fourth-order valence-corrected chi connectivity index (χ4v) is 2.90. The Morgan fingerprint density at radius 3 is 2.21 bits per heavy atom. The summed E-state index contributed by atoms with van der Waals surface area (Å²) < 4.78 is 21.5. The predicted molar refractivity (Wildman–Crippen MR) is 126 cm³/mol. The van der Waals surface area contributed by atoms with E-state index in [1.165, 1.54) is 33.1 Å². The molecule has 1 atom stereocenters. The average molecular weight is 463 g/mol. The second-order valence-electron chi connectivity index (χ2n) is 7.27. The summed E-state index contributed by atoms with van der Waals surface area (Å²) in [5.41, 5.74) is 0.983. The number of carbonyl (C=O) groups is 3. The first kappa shape index (κ1) is 24.3. The summed E-state index contributed by atoms with van der Waals surface area (Å²) in [6.07, 6.45) is -1.04. The van der Waals surface area contributed by atoms with Crippen LogP contribution in [0.25, 0.3) is 0 Å². The first-order valence-corrected chi connectivity index (χ1v) is 10.5. The van der Waals surface area contributed by atoms with Gasteiger partial charge in [0, 0.05) is 11.3 Å². The van der Waals surface area contributed by atoms with Gasteiger partial charge in [-0.05, 0) is 68.4 Å². The molecule has 176 valence electrons. The number of ketones is 1. The lowest BCUT2D eigenvalue weighted by Gasteiger charge is -2.15. The van der Waals surface area contributed by atoms with Gasteiger partial charge >= 0.3 is 5.97 Å². The summed E-state index contributed by atoms with van der Waals surface area (Å²) in [5.74, 6) is 0.565. The number of nitrogens with one attached hydrogen (secondary N) is 1. The van der Waals surface area contributed by atoms with Gasteiger partial charge in [0.25, 0.3) is 5.91 Å². The minimum atomic E-state index is -1.04. The molecule has 0 heterocycles. The summed E-state index contributed by atoms with van der Waals surface area (Å²) in [6, 6.07) is 20.8. The topological polar surface area (TPSA) is 100 Å². The van der Waals surface area contributed by atoms with Crippen LogP contribution in [0.1, 0.15) is 24.2 Å². The van der Waals surface area contributed by atoms with Crippen molar-refractivity contribution in [1.29, 1.82) is 0 Å². The quantitative estimate of drug-likeness (QED) is 0.345. The maximum absolute atomic E-state index is 12.4. The van der Waals surface area contributed by atoms with E-state index in [9.17, 15) is 14.4 Å². The van der Waals surface area contributed by atoms with Crippen molar-refractivity contribution >= 4 is 23.3 Å². The molecule has 1 N–H and O–H groups in total. The van der Waals surface area contributed by atoms with Gasteiger partial charge in [-0.15, -0.1) is 0 Å². The summed E-state index contributed by atoms with van der Waals surface area (Å²) >= 11 is 0. The number of benzene rings is 3. The Balaban J connectivity index is 1.48. The highest BCUT2D eigenvalue weighted by Gasteiger charge is 2.19. The third-order valence-electron chi connectivity index (χ3n) is 4.69. The van der Waals surface area contributed by atoms with Gasteiger partial charge in [0.1, 0.15) is 11.5 Å². The van der Waals surface area contributed by atoms with E-state index in [1.807, 2.05) is 30.3 Å². The summed E-state index contributed by atoms with van der Waals surface area (Å²) in [6.45, 7) is 2.47. The van der Waals surface area contributed by atoms with Gasteiger partial charge < -0.3 is 24.3 Å². The summed E-state index contributed by atoms with van der Waals surface area (Å²) in [4.78, 5) is 36.0. The largest absolute Gasteiger partial charge is 0.493 e. The van der Waals surface area contributed by atoms with E-state index in [2.05, 4.69) is 5.32 Å². The van der Waals surface area contributed by atoms with Crippen LogP contribution in [0, 0.1) is 0 Å². The molecule has 8 nitrogen and oxygen atoms in total. The number of rotatable bonds is 10. The number of ether oxygens (including phenoxy) is 4. The first-order valence-electron chi connectivity index (χ1n) is 10.5. The Morgan fingerprint density at radius 2 is 1.56 bits per heavy atom. The van der Waals surface area contributed by atoms with Crippen LogP contribution in [-0.2, 0) is 14.3 Å². The Bertz CT molecular complexity index is 1140. The van der Waals surface area contributed by atoms with Gasteiger partial charge in [-0.3, -0.25) is 9.59 Å².